The van der Waals surface area contributed by atoms with Crippen LogP contribution in [-0.4, -0.2) is 42.5 Å². The fourth-order valence-corrected chi connectivity index (χ4v) is 4.04. The van der Waals surface area contributed by atoms with Crippen molar-refractivity contribution in [3.8, 4) is 0 Å². The average molecular weight is 283 g/mol. The zero-order valence-corrected chi connectivity index (χ0v) is 11.2. The maximum Gasteiger partial charge on any atom is 0.389 e. The number of nitrogens with one attached hydrogen (secondary N) is 1. The monoisotopic (exact) mass is 283 g/mol. The molecule has 2 unspecified atom stereocenters. The summed E-state index contributed by atoms with van der Waals surface area (Å²) in [6, 6.07) is 0.325. The van der Waals surface area contributed by atoms with Crippen molar-refractivity contribution < 1.29 is 17.9 Å². The van der Waals surface area contributed by atoms with E-state index in [1.165, 1.54) is 0 Å². The van der Waals surface area contributed by atoms with Crippen molar-refractivity contribution in [1.82, 2.24) is 5.32 Å². The molecule has 18 heavy (non-hydrogen) atoms. The molecule has 2 atom stereocenters. The van der Waals surface area contributed by atoms with Gasteiger partial charge in [0.2, 0.25) is 0 Å². The van der Waals surface area contributed by atoms with E-state index in [9.17, 15) is 13.2 Å². The minimum atomic E-state index is -4.03. The molecular weight excluding hydrogens is 263 g/mol. The summed E-state index contributed by atoms with van der Waals surface area (Å²) in [6.45, 7) is 1.19. The van der Waals surface area contributed by atoms with Gasteiger partial charge in [0.05, 0.1) is 5.60 Å². The number of hydrogen-bond acceptors (Lipinski definition) is 3. The second-order valence-corrected chi connectivity index (χ2v) is 6.30. The maximum absolute atomic E-state index is 12.0. The molecule has 1 N–H and O–H groups in total. The van der Waals surface area contributed by atoms with Crippen molar-refractivity contribution in [3.05, 3.63) is 0 Å². The quantitative estimate of drug-likeness (QED) is 0.802. The average Bonchev–Trinajstić information content (AvgIpc) is 2.72. The van der Waals surface area contributed by atoms with Crippen molar-refractivity contribution in [2.45, 2.75) is 49.9 Å². The second kappa shape index (κ2) is 6.01. The number of alkyl halides is 3. The van der Waals surface area contributed by atoms with Crippen molar-refractivity contribution in [3.63, 3.8) is 0 Å². The Hall–Kier alpha value is 0.0600. The summed E-state index contributed by atoms with van der Waals surface area (Å²) in [5.74, 6) is 2.18. The molecule has 0 saturated carbocycles. The van der Waals surface area contributed by atoms with Crippen molar-refractivity contribution in [2.75, 3.05) is 24.7 Å². The van der Waals surface area contributed by atoms with E-state index < -0.39 is 12.6 Å². The van der Waals surface area contributed by atoms with Crippen LogP contribution in [0.25, 0.3) is 0 Å². The fraction of sp³-hybridized carbons (Fsp3) is 1.00. The van der Waals surface area contributed by atoms with Gasteiger partial charge in [-0.25, -0.2) is 0 Å². The molecule has 2 aliphatic heterocycles. The third-order valence-corrected chi connectivity index (χ3v) is 4.85. The summed E-state index contributed by atoms with van der Waals surface area (Å²) in [5, 5.41) is 3.26. The molecule has 2 aliphatic rings. The van der Waals surface area contributed by atoms with Crippen LogP contribution in [0.5, 0.6) is 0 Å². The van der Waals surface area contributed by atoms with Crippen LogP contribution in [0, 0.1) is 0 Å². The number of thioether (sulfide) groups is 1. The molecule has 0 aromatic rings. The largest absolute Gasteiger partial charge is 0.389 e. The van der Waals surface area contributed by atoms with Crippen LogP contribution in [0.15, 0.2) is 0 Å². The van der Waals surface area contributed by atoms with Gasteiger partial charge in [-0.1, -0.05) is 0 Å². The Balaban J connectivity index is 1.67. The fourth-order valence-electron chi connectivity index (χ4n) is 2.66. The van der Waals surface area contributed by atoms with Gasteiger partial charge in [0, 0.05) is 24.8 Å². The van der Waals surface area contributed by atoms with Crippen LogP contribution in [0.3, 0.4) is 0 Å². The normalized spacial score (nSPS) is 33.2. The molecule has 1 spiro atoms. The Morgan fingerprint density at radius 2 is 2.22 bits per heavy atom. The Kier molecular flexibility index (Phi) is 4.83. The minimum Gasteiger partial charge on any atom is -0.374 e. The van der Waals surface area contributed by atoms with Crippen molar-refractivity contribution in [1.29, 1.82) is 0 Å². The molecule has 2 saturated heterocycles. The molecular formula is C12H20F3NOS. The van der Waals surface area contributed by atoms with E-state index in [2.05, 4.69) is 5.32 Å². The molecule has 0 amide bonds. The van der Waals surface area contributed by atoms with Crippen LogP contribution in [0.1, 0.15) is 32.1 Å². The Morgan fingerprint density at radius 3 is 2.89 bits per heavy atom. The van der Waals surface area contributed by atoms with Crippen molar-refractivity contribution >= 4 is 11.8 Å². The molecule has 0 aromatic carbocycles. The molecule has 106 valence electrons. The van der Waals surface area contributed by atoms with Gasteiger partial charge in [0.1, 0.15) is 0 Å². The second-order valence-electron chi connectivity index (χ2n) is 5.20. The number of hydrogen-bond donors (Lipinski definition) is 1. The van der Waals surface area contributed by atoms with E-state index >= 15 is 0 Å². The molecule has 0 aliphatic carbocycles. The highest BCUT2D eigenvalue weighted by atomic mass is 32.2. The van der Waals surface area contributed by atoms with E-state index in [4.69, 9.17) is 4.74 Å². The summed E-state index contributed by atoms with van der Waals surface area (Å²) in [5.41, 5.74) is 0.00457. The third-order valence-electron chi connectivity index (χ3n) is 3.63. The van der Waals surface area contributed by atoms with Gasteiger partial charge in [-0.05, 0) is 38.0 Å². The minimum absolute atomic E-state index is 0.00457. The predicted octanol–water partition coefficient (Wildman–Crippen LogP) is 2.97. The van der Waals surface area contributed by atoms with Gasteiger partial charge in [0.25, 0.3) is 0 Å². The zero-order valence-electron chi connectivity index (χ0n) is 10.4. The molecule has 0 bridgehead atoms. The maximum atomic E-state index is 12.0. The third kappa shape index (κ3) is 4.31. The molecule has 2 fully saturated rings. The number of ether oxygens (including phenoxy) is 1. The SMILES string of the molecule is FC(F)(F)CCCNC1CCOC2(CCSC2)C1. The Labute approximate surface area is 110 Å². The smallest absolute Gasteiger partial charge is 0.374 e. The first kappa shape index (κ1) is 14.5. The molecule has 0 radical (unpaired) electrons. The van der Waals surface area contributed by atoms with Crippen LogP contribution in [0.4, 0.5) is 13.2 Å². The molecule has 6 heteroatoms. The van der Waals surface area contributed by atoms with Gasteiger partial charge in [0.15, 0.2) is 0 Å². The molecule has 2 rings (SSSR count). The lowest BCUT2D eigenvalue weighted by atomic mass is 9.90. The highest BCUT2D eigenvalue weighted by Gasteiger charge is 2.40. The van der Waals surface area contributed by atoms with E-state index in [0.717, 1.165) is 37.4 Å². The zero-order chi connectivity index (χ0) is 13.1. The van der Waals surface area contributed by atoms with E-state index in [1.54, 1.807) is 0 Å². The lowest BCUT2D eigenvalue weighted by Crippen LogP contribution is -2.47. The van der Waals surface area contributed by atoms with Gasteiger partial charge in [-0.3, -0.25) is 0 Å². The standard InChI is InChI=1S/C12H20F3NOS/c13-12(14,15)3-1-5-16-10-2-6-17-11(8-10)4-7-18-9-11/h10,16H,1-9H2. The van der Waals surface area contributed by atoms with Crippen LogP contribution in [-0.2, 0) is 4.74 Å². The number of halogens is 3. The van der Waals surface area contributed by atoms with Gasteiger partial charge < -0.3 is 10.1 Å². The topological polar surface area (TPSA) is 21.3 Å². The lowest BCUT2D eigenvalue weighted by Gasteiger charge is -2.38. The lowest BCUT2D eigenvalue weighted by molar-refractivity contribution is -0.135. The van der Waals surface area contributed by atoms with E-state index in [0.29, 0.717) is 12.6 Å². The van der Waals surface area contributed by atoms with Crippen molar-refractivity contribution in [2.24, 2.45) is 0 Å². The molecule has 0 aromatic heterocycles. The Morgan fingerprint density at radius 1 is 1.39 bits per heavy atom. The van der Waals surface area contributed by atoms with Crippen LogP contribution in [0.2, 0.25) is 0 Å². The Bertz CT molecular complexity index is 267. The van der Waals surface area contributed by atoms with Crippen LogP contribution >= 0.6 is 11.8 Å². The van der Waals surface area contributed by atoms with Gasteiger partial charge in [-0.15, -0.1) is 0 Å². The highest BCUT2D eigenvalue weighted by molar-refractivity contribution is 7.99. The summed E-state index contributed by atoms with van der Waals surface area (Å²) in [7, 11) is 0. The van der Waals surface area contributed by atoms with Crippen LogP contribution < -0.4 is 5.32 Å². The summed E-state index contributed by atoms with van der Waals surface area (Å²) in [6.07, 6.45) is -1.60. The summed E-state index contributed by atoms with van der Waals surface area (Å²) < 4.78 is 41.9. The summed E-state index contributed by atoms with van der Waals surface area (Å²) >= 11 is 1.91. The van der Waals surface area contributed by atoms with E-state index in [-0.39, 0.29) is 12.0 Å². The first-order valence-electron chi connectivity index (χ1n) is 6.51. The first-order chi connectivity index (χ1) is 8.49. The van der Waals surface area contributed by atoms with Gasteiger partial charge >= 0.3 is 6.18 Å². The van der Waals surface area contributed by atoms with E-state index in [1.807, 2.05) is 11.8 Å². The predicted molar refractivity (Wildman–Crippen MR) is 66.9 cm³/mol. The highest BCUT2D eigenvalue weighted by Crippen LogP contribution is 2.38. The number of rotatable bonds is 4. The van der Waals surface area contributed by atoms with Gasteiger partial charge in [-0.2, -0.15) is 24.9 Å². The first-order valence-corrected chi connectivity index (χ1v) is 7.66. The summed E-state index contributed by atoms with van der Waals surface area (Å²) in [4.78, 5) is 0. The molecule has 2 heterocycles. The molecule has 2 nitrogen and oxygen atoms in total.